The highest BCUT2D eigenvalue weighted by Gasteiger charge is 2.15. The summed E-state index contributed by atoms with van der Waals surface area (Å²) in [6, 6.07) is 1.50. The highest BCUT2D eigenvalue weighted by atomic mass is 35.5. The second-order valence-electron chi connectivity index (χ2n) is 2.26. The van der Waals surface area contributed by atoms with Crippen LogP contribution in [0.3, 0.4) is 0 Å². The number of rotatable bonds is 2. The van der Waals surface area contributed by atoms with Gasteiger partial charge in [-0.3, -0.25) is 0 Å². The number of benzene rings is 1. The number of hydrogen-bond donors (Lipinski definition) is 1. The van der Waals surface area contributed by atoms with E-state index in [1.165, 1.54) is 20.3 Å². The van der Waals surface area contributed by atoms with E-state index in [2.05, 4.69) is 0 Å². The summed E-state index contributed by atoms with van der Waals surface area (Å²) in [7, 11) is 2.88. The van der Waals surface area contributed by atoms with Crippen LogP contribution in [0.25, 0.3) is 0 Å². The highest BCUT2D eigenvalue weighted by molar-refractivity contribution is 6.38. The van der Waals surface area contributed by atoms with E-state index in [0.29, 0.717) is 11.5 Å². The Morgan fingerprint density at radius 2 is 1.46 bits per heavy atom. The van der Waals surface area contributed by atoms with Crippen LogP contribution >= 0.6 is 23.2 Å². The number of phenolic OH excluding ortho intramolecular Hbond substituents is 1. The van der Waals surface area contributed by atoms with Crippen molar-refractivity contribution in [3.8, 4) is 17.2 Å². The normalized spacial score (nSPS) is 9.85. The van der Waals surface area contributed by atoms with E-state index < -0.39 is 0 Å². The molecule has 5 heteroatoms. The Bertz CT molecular complexity index is 297. The average Bonchev–Trinajstić information content (AvgIpc) is 2.15. The molecule has 0 heterocycles. The summed E-state index contributed by atoms with van der Waals surface area (Å²) in [5.41, 5.74) is 0. The average molecular weight is 223 g/mol. The lowest BCUT2D eigenvalue weighted by Gasteiger charge is -2.09. The fraction of sp³-hybridized carbons (Fsp3) is 0.250. The van der Waals surface area contributed by atoms with Crippen LogP contribution in [0.1, 0.15) is 0 Å². The number of halogens is 2. The molecule has 1 N–H and O–H groups in total. The van der Waals surface area contributed by atoms with Gasteiger partial charge in [-0.2, -0.15) is 0 Å². The molecule has 0 aromatic heterocycles. The molecular weight excluding hydrogens is 215 g/mol. The van der Waals surface area contributed by atoms with Crippen molar-refractivity contribution in [2.45, 2.75) is 0 Å². The molecule has 0 unspecified atom stereocenters. The highest BCUT2D eigenvalue weighted by Crippen LogP contribution is 2.44. The molecule has 0 aliphatic heterocycles. The van der Waals surface area contributed by atoms with Crippen molar-refractivity contribution in [3.05, 3.63) is 16.1 Å². The number of phenols is 1. The minimum atomic E-state index is -0.237. The molecule has 0 bridgehead atoms. The third-order valence-corrected chi connectivity index (χ3v) is 2.28. The van der Waals surface area contributed by atoms with Gasteiger partial charge in [-0.1, -0.05) is 23.2 Å². The molecule has 0 amide bonds. The summed E-state index contributed by atoms with van der Waals surface area (Å²) in [6.45, 7) is 0. The van der Waals surface area contributed by atoms with Gasteiger partial charge in [0.15, 0.2) is 5.75 Å². The quantitative estimate of drug-likeness (QED) is 0.837. The number of hydrogen-bond acceptors (Lipinski definition) is 3. The molecule has 1 aromatic rings. The standard InChI is InChI=1S/C8H8Cl2O3/c1-12-4-3-5(13-2)7(10)8(11)6(4)9/h3,11H,1-2H3. The van der Waals surface area contributed by atoms with E-state index >= 15 is 0 Å². The minimum absolute atomic E-state index is 0.0771. The summed E-state index contributed by atoms with van der Waals surface area (Å²) in [4.78, 5) is 0. The third-order valence-electron chi connectivity index (χ3n) is 1.55. The predicted molar refractivity (Wildman–Crippen MR) is 51.2 cm³/mol. The molecule has 72 valence electrons. The predicted octanol–water partition coefficient (Wildman–Crippen LogP) is 2.72. The SMILES string of the molecule is COc1cc(OC)c(Cl)c(O)c1Cl. The molecule has 1 aromatic carbocycles. The molecule has 1 rings (SSSR count). The van der Waals surface area contributed by atoms with Crippen LogP contribution in [0.5, 0.6) is 17.2 Å². The minimum Gasteiger partial charge on any atom is -0.505 e. The fourth-order valence-electron chi connectivity index (χ4n) is 0.873. The van der Waals surface area contributed by atoms with Crippen LogP contribution in [-0.2, 0) is 0 Å². The maximum Gasteiger partial charge on any atom is 0.160 e. The molecule has 0 spiro atoms. The van der Waals surface area contributed by atoms with Crippen LogP contribution in [0, 0.1) is 0 Å². The summed E-state index contributed by atoms with van der Waals surface area (Å²) >= 11 is 11.4. The first kappa shape index (κ1) is 10.3. The summed E-state index contributed by atoms with van der Waals surface area (Å²) < 4.78 is 9.79. The van der Waals surface area contributed by atoms with E-state index in [9.17, 15) is 5.11 Å². The Balaban J connectivity index is 3.36. The monoisotopic (exact) mass is 222 g/mol. The van der Waals surface area contributed by atoms with Gasteiger partial charge in [0.25, 0.3) is 0 Å². The molecule has 0 atom stereocenters. The van der Waals surface area contributed by atoms with Gasteiger partial charge in [0.1, 0.15) is 21.5 Å². The Morgan fingerprint density at radius 1 is 1.08 bits per heavy atom. The van der Waals surface area contributed by atoms with Gasteiger partial charge in [-0.05, 0) is 0 Å². The molecule has 13 heavy (non-hydrogen) atoms. The van der Waals surface area contributed by atoms with Crippen molar-refractivity contribution in [2.24, 2.45) is 0 Å². The first-order valence-corrected chi connectivity index (χ1v) is 4.16. The maximum absolute atomic E-state index is 9.41. The van der Waals surface area contributed by atoms with Crippen molar-refractivity contribution < 1.29 is 14.6 Å². The van der Waals surface area contributed by atoms with Crippen molar-refractivity contribution >= 4 is 23.2 Å². The van der Waals surface area contributed by atoms with E-state index in [-0.39, 0.29) is 15.8 Å². The van der Waals surface area contributed by atoms with Gasteiger partial charge in [0.2, 0.25) is 0 Å². The smallest absolute Gasteiger partial charge is 0.160 e. The van der Waals surface area contributed by atoms with Crippen molar-refractivity contribution in [1.82, 2.24) is 0 Å². The van der Waals surface area contributed by atoms with Crippen LogP contribution in [0.15, 0.2) is 6.07 Å². The Hall–Kier alpha value is -0.800. The molecule has 0 saturated heterocycles. The molecular formula is C8H8Cl2O3. The van der Waals surface area contributed by atoms with Crippen LogP contribution in [-0.4, -0.2) is 19.3 Å². The molecule has 0 fully saturated rings. The van der Waals surface area contributed by atoms with Crippen molar-refractivity contribution in [1.29, 1.82) is 0 Å². The number of ether oxygens (including phenoxy) is 2. The Kier molecular flexibility index (Phi) is 3.12. The van der Waals surface area contributed by atoms with Gasteiger partial charge in [0, 0.05) is 6.07 Å². The van der Waals surface area contributed by atoms with E-state index in [0.717, 1.165) is 0 Å². The lowest BCUT2D eigenvalue weighted by atomic mass is 10.3. The molecule has 0 radical (unpaired) electrons. The zero-order chi connectivity index (χ0) is 10.0. The molecule has 0 aliphatic carbocycles. The van der Waals surface area contributed by atoms with Crippen molar-refractivity contribution in [2.75, 3.05) is 14.2 Å². The summed E-state index contributed by atoms with van der Waals surface area (Å²) in [5, 5.41) is 9.56. The second kappa shape index (κ2) is 3.94. The Morgan fingerprint density at radius 3 is 1.77 bits per heavy atom. The molecule has 0 saturated carbocycles. The summed E-state index contributed by atoms with van der Waals surface area (Å²) in [6.07, 6.45) is 0. The van der Waals surface area contributed by atoms with Gasteiger partial charge in [-0.25, -0.2) is 0 Å². The lowest BCUT2D eigenvalue weighted by molar-refractivity contribution is 0.385. The van der Waals surface area contributed by atoms with Gasteiger partial charge in [0.05, 0.1) is 14.2 Å². The lowest BCUT2D eigenvalue weighted by Crippen LogP contribution is -1.89. The zero-order valence-electron chi connectivity index (χ0n) is 7.10. The van der Waals surface area contributed by atoms with E-state index in [1.54, 1.807) is 0 Å². The maximum atomic E-state index is 9.41. The largest absolute Gasteiger partial charge is 0.505 e. The molecule has 0 aliphatic rings. The summed E-state index contributed by atoms with van der Waals surface area (Å²) in [5.74, 6) is 0.403. The van der Waals surface area contributed by atoms with Crippen LogP contribution in [0.4, 0.5) is 0 Å². The zero-order valence-corrected chi connectivity index (χ0v) is 8.61. The van der Waals surface area contributed by atoms with Gasteiger partial charge in [-0.15, -0.1) is 0 Å². The van der Waals surface area contributed by atoms with Crippen molar-refractivity contribution in [3.63, 3.8) is 0 Å². The van der Waals surface area contributed by atoms with Gasteiger partial charge < -0.3 is 14.6 Å². The number of aromatic hydroxyl groups is 1. The van der Waals surface area contributed by atoms with Crippen LogP contribution < -0.4 is 9.47 Å². The molecule has 3 nitrogen and oxygen atoms in total. The number of methoxy groups -OCH3 is 2. The first-order chi connectivity index (χ1) is 6.11. The van der Waals surface area contributed by atoms with Gasteiger partial charge >= 0.3 is 0 Å². The van der Waals surface area contributed by atoms with Crippen LogP contribution in [0.2, 0.25) is 10.0 Å². The second-order valence-corrected chi connectivity index (χ2v) is 3.01. The first-order valence-electron chi connectivity index (χ1n) is 3.40. The van der Waals surface area contributed by atoms with E-state index in [4.69, 9.17) is 32.7 Å². The Labute approximate surface area is 85.8 Å². The van der Waals surface area contributed by atoms with E-state index in [1.807, 2.05) is 0 Å². The topological polar surface area (TPSA) is 38.7 Å². The third kappa shape index (κ3) is 1.76. The fourth-order valence-corrected chi connectivity index (χ4v) is 1.37.